The molecule has 226 valence electrons. The highest BCUT2D eigenvalue weighted by atomic mass is 35.5. The molecule has 5 N–H and O–H groups in total. The molecule has 1 aliphatic rings. The first-order valence-electron chi connectivity index (χ1n) is 14.2. The van der Waals surface area contributed by atoms with Gasteiger partial charge in [-0.25, -0.2) is 18.7 Å². The summed E-state index contributed by atoms with van der Waals surface area (Å²) in [5.74, 6) is -0.353. The highest BCUT2D eigenvalue weighted by Crippen LogP contribution is 2.34. The second-order valence-electron chi connectivity index (χ2n) is 11.9. The minimum Gasteiger partial charge on any atom is -0.444 e. The number of amides is 1. The Kier molecular flexibility index (Phi) is 8.62. The van der Waals surface area contributed by atoms with E-state index in [1.807, 2.05) is 58.2 Å². The molecule has 0 radical (unpaired) electrons. The number of anilines is 1. The van der Waals surface area contributed by atoms with Gasteiger partial charge in [0.1, 0.15) is 17.3 Å². The van der Waals surface area contributed by atoms with E-state index in [4.69, 9.17) is 22.1 Å². The van der Waals surface area contributed by atoms with Crippen LogP contribution in [0.1, 0.15) is 56.7 Å². The van der Waals surface area contributed by atoms with Gasteiger partial charge in [-0.05, 0) is 81.8 Å². The molecular weight excluding hydrogens is 571 g/mol. The fourth-order valence-electron chi connectivity index (χ4n) is 5.38. The Hall–Kier alpha value is -4.15. The van der Waals surface area contributed by atoms with E-state index in [2.05, 4.69) is 20.7 Å². The molecule has 0 aliphatic heterocycles. The predicted octanol–water partition coefficient (Wildman–Crippen LogP) is 6.49. The number of rotatable bonds is 7. The Labute approximate surface area is 254 Å². The molecule has 4 aromatic rings. The van der Waals surface area contributed by atoms with E-state index < -0.39 is 17.5 Å². The van der Waals surface area contributed by atoms with Crippen LogP contribution in [0.15, 0.2) is 59.9 Å². The summed E-state index contributed by atoms with van der Waals surface area (Å²) in [4.78, 5) is 16.8. The topological polar surface area (TPSA) is 126 Å². The van der Waals surface area contributed by atoms with E-state index in [1.165, 1.54) is 18.2 Å². The number of ether oxygens (including phenoxy) is 1. The summed E-state index contributed by atoms with van der Waals surface area (Å²) in [5.41, 5.74) is 12.0. The number of aromatic nitrogens is 2. The van der Waals surface area contributed by atoms with Gasteiger partial charge in [-0.15, -0.1) is 0 Å². The Bertz CT molecular complexity index is 1700. The number of nitrogens with one attached hydrogen (secondary N) is 2. The van der Waals surface area contributed by atoms with Gasteiger partial charge < -0.3 is 26.2 Å². The van der Waals surface area contributed by atoms with Crippen molar-refractivity contribution in [3.8, 4) is 11.1 Å². The number of carbonyl (C=O) groups is 1. The molecule has 0 unspecified atom stereocenters. The van der Waals surface area contributed by atoms with E-state index in [1.54, 1.807) is 10.7 Å². The van der Waals surface area contributed by atoms with Crippen LogP contribution in [0.3, 0.4) is 0 Å². The van der Waals surface area contributed by atoms with Crippen molar-refractivity contribution in [1.82, 2.24) is 14.9 Å². The van der Waals surface area contributed by atoms with Gasteiger partial charge in [-0.2, -0.15) is 5.10 Å². The molecule has 2 aromatic heterocycles. The average Bonchev–Trinajstić information content (AvgIpc) is 3.56. The SMILES string of the molecule is Cc1cc(CO)ccc1-c1cc2c(N[C@@H]3CC[C@H](NC(=O)OC(C)(C)C)C3)c(C(N)=Nc3cc(F)ccc3Cl)cnn2c1. The summed E-state index contributed by atoms with van der Waals surface area (Å²) in [6.45, 7) is 7.46. The zero-order valence-electron chi connectivity index (χ0n) is 24.6. The first kappa shape index (κ1) is 30.3. The molecule has 2 aromatic carbocycles. The molecule has 2 atom stereocenters. The zero-order valence-corrected chi connectivity index (χ0v) is 25.4. The third-order valence-electron chi connectivity index (χ3n) is 7.35. The maximum Gasteiger partial charge on any atom is 0.407 e. The molecule has 2 heterocycles. The van der Waals surface area contributed by atoms with Crippen LogP contribution in [-0.4, -0.2) is 44.3 Å². The maximum absolute atomic E-state index is 14.0. The smallest absolute Gasteiger partial charge is 0.407 e. The van der Waals surface area contributed by atoms with E-state index in [0.717, 1.165) is 40.6 Å². The normalized spacial score (nSPS) is 17.3. The molecular formula is C32H36ClFN6O3. The molecule has 0 bridgehead atoms. The Morgan fingerprint density at radius 1 is 1.21 bits per heavy atom. The number of carbonyl (C=O) groups excluding carboxylic acids is 1. The van der Waals surface area contributed by atoms with Crippen LogP contribution in [0.2, 0.25) is 5.02 Å². The fourth-order valence-corrected chi connectivity index (χ4v) is 5.54. The lowest BCUT2D eigenvalue weighted by Crippen LogP contribution is -2.38. The number of amidine groups is 1. The number of fused-ring (bicyclic) bond motifs is 1. The van der Waals surface area contributed by atoms with Crippen LogP contribution in [0, 0.1) is 12.7 Å². The van der Waals surface area contributed by atoms with Gasteiger partial charge in [-0.1, -0.05) is 29.8 Å². The minimum atomic E-state index is -0.581. The Balaban J connectivity index is 1.51. The van der Waals surface area contributed by atoms with Gasteiger partial charge in [-0.3, -0.25) is 0 Å². The van der Waals surface area contributed by atoms with Gasteiger partial charge in [0.25, 0.3) is 0 Å². The van der Waals surface area contributed by atoms with Crippen molar-refractivity contribution in [2.45, 2.75) is 71.2 Å². The molecule has 0 spiro atoms. The second-order valence-corrected chi connectivity index (χ2v) is 12.3. The summed E-state index contributed by atoms with van der Waals surface area (Å²) < 4.78 is 21.2. The quantitative estimate of drug-likeness (QED) is 0.141. The van der Waals surface area contributed by atoms with E-state index in [-0.39, 0.29) is 35.2 Å². The lowest BCUT2D eigenvalue weighted by atomic mass is 10.0. The number of halogens is 2. The number of aliphatic imine (C=N–C) groups is 1. The number of nitrogens with two attached hydrogens (primary N) is 1. The molecule has 1 fully saturated rings. The third-order valence-corrected chi connectivity index (χ3v) is 7.67. The Morgan fingerprint density at radius 3 is 2.70 bits per heavy atom. The molecule has 9 nitrogen and oxygen atoms in total. The number of aryl methyl sites for hydroxylation is 1. The lowest BCUT2D eigenvalue weighted by Gasteiger charge is -2.22. The standard InChI is InChI=1S/C32H36ClFN6O3/c1-18-11-19(17-41)5-9-24(18)20-12-28-29(37-22-7-8-23(14-22)38-31(42)43-32(2,3)4)25(15-36-40(28)16-20)30(35)39-27-13-21(34)6-10-26(27)33/h5-6,9-13,15-16,22-23,37,41H,7-8,14,17H2,1-4H3,(H2,35,39)(H,38,42)/t22-,23+/m1/s1. The molecule has 11 heteroatoms. The number of hydrogen-bond donors (Lipinski definition) is 4. The van der Waals surface area contributed by atoms with Gasteiger partial charge in [0.2, 0.25) is 0 Å². The molecule has 1 amide bonds. The average molecular weight is 607 g/mol. The zero-order chi connectivity index (χ0) is 30.9. The fraction of sp³-hybridized carbons (Fsp3) is 0.344. The van der Waals surface area contributed by atoms with Crippen molar-refractivity contribution in [1.29, 1.82) is 0 Å². The largest absolute Gasteiger partial charge is 0.444 e. The highest BCUT2D eigenvalue weighted by Gasteiger charge is 2.29. The highest BCUT2D eigenvalue weighted by molar-refractivity contribution is 6.33. The first-order valence-corrected chi connectivity index (χ1v) is 14.6. The number of aliphatic hydroxyl groups excluding tert-OH is 1. The number of hydrogen-bond acceptors (Lipinski definition) is 6. The lowest BCUT2D eigenvalue weighted by molar-refractivity contribution is 0.0505. The summed E-state index contributed by atoms with van der Waals surface area (Å²) in [7, 11) is 0. The number of nitrogens with zero attached hydrogens (tertiary/aromatic N) is 3. The summed E-state index contributed by atoms with van der Waals surface area (Å²) >= 11 is 6.28. The summed E-state index contributed by atoms with van der Waals surface area (Å²) in [5, 5.41) is 21.0. The van der Waals surface area contributed by atoms with E-state index in [0.29, 0.717) is 17.7 Å². The molecule has 0 saturated heterocycles. The van der Waals surface area contributed by atoms with Crippen LogP contribution in [-0.2, 0) is 11.3 Å². The Morgan fingerprint density at radius 2 is 1.98 bits per heavy atom. The van der Waals surface area contributed by atoms with Crippen molar-refractivity contribution in [2.24, 2.45) is 10.7 Å². The summed E-state index contributed by atoms with van der Waals surface area (Å²) in [6, 6.07) is 11.7. The van der Waals surface area contributed by atoms with Crippen LogP contribution < -0.4 is 16.4 Å². The number of benzene rings is 2. The van der Waals surface area contributed by atoms with Crippen molar-refractivity contribution >= 4 is 40.4 Å². The van der Waals surface area contributed by atoms with Crippen molar-refractivity contribution in [3.63, 3.8) is 0 Å². The second kappa shape index (κ2) is 12.2. The van der Waals surface area contributed by atoms with Gasteiger partial charge in [0.15, 0.2) is 0 Å². The monoisotopic (exact) mass is 606 g/mol. The van der Waals surface area contributed by atoms with Crippen LogP contribution in [0.5, 0.6) is 0 Å². The van der Waals surface area contributed by atoms with Crippen molar-refractivity contribution in [2.75, 3.05) is 5.32 Å². The molecule has 43 heavy (non-hydrogen) atoms. The van der Waals surface area contributed by atoms with E-state index >= 15 is 0 Å². The van der Waals surface area contributed by atoms with Gasteiger partial charge >= 0.3 is 6.09 Å². The van der Waals surface area contributed by atoms with Crippen LogP contribution >= 0.6 is 11.6 Å². The van der Waals surface area contributed by atoms with E-state index in [9.17, 15) is 14.3 Å². The summed E-state index contributed by atoms with van der Waals surface area (Å²) in [6.07, 6.45) is 5.37. The minimum absolute atomic E-state index is 0.0133. The maximum atomic E-state index is 14.0. The first-order chi connectivity index (χ1) is 20.4. The molecule has 1 aliphatic carbocycles. The molecule has 5 rings (SSSR count). The van der Waals surface area contributed by atoms with Crippen LogP contribution in [0.25, 0.3) is 16.6 Å². The van der Waals surface area contributed by atoms with Crippen molar-refractivity contribution in [3.05, 3.63) is 82.4 Å². The third kappa shape index (κ3) is 7.09. The van der Waals surface area contributed by atoms with Gasteiger partial charge in [0, 0.05) is 29.9 Å². The molecule has 1 saturated carbocycles. The van der Waals surface area contributed by atoms with Crippen LogP contribution in [0.4, 0.5) is 20.6 Å². The predicted molar refractivity (Wildman–Crippen MR) is 168 cm³/mol. The van der Waals surface area contributed by atoms with Gasteiger partial charge in [0.05, 0.1) is 40.3 Å². The van der Waals surface area contributed by atoms with Crippen molar-refractivity contribution < 1.29 is 19.0 Å². The number of aliphatic hydroxyl groups is 1. The number of alkyl carbamates (subject to hydrolysis) is 1.